The van der Waals surface area contributed by atoms with Crippen molar-refractivity contribution in [3.05, 3.63) is 30.1 Å². The van der Waals surface area contributed by atoms with Gasteiger partial charge in [-0.1, -0.05) is 31.1 Å². The average Bonchev–Trinajstić information content (AvgIpc) is 2.86. The van der Waals surface area contributed by atoms with E-state index in [1.54, 1.807) is 0 Å². The van der Waals surface area contributed by atoms with Crippen LogP contribution in [0, 0.1) is 18.8 Å². The Kier molecular flexibility index (Phi) is 4.74. The van der Waals surface area contributed by atoms with E-state index in [1.807, 2.05) is 31.2 Å². The Bertz CT molecular complexity index is 550. The minimum atomic E-state index is 0.437. The molecule has 5 heteroatoms. The van der Waals surface area contributed by atoms with Crippen molar-refractivity contribution in [3.8, 4) is 11.5 Å². The standard InChI is InChI=1S/C15H22N4O/c1-10(2)12(8-16)9-17-14-7-5-4-6-13(14)15-18-11(3)19-20-15/h4-7,10,12,17H,8-9,16H2,1-3H3. The van der Waals surface area contributed by atoms with Gasteiger partial charge in [-0.2, -0.15) is 4.98 Å². The largest absolute Gasteiger partial charge is 0.384 e. The van der Waals surface area contributed by atoms with Gasteiger partial charge in [0.25, 0.3) is 5.89 Å². The van der Waals surface area contributed by atoms with Crippen LogP contribution in [0.5, 0.6) is 0 Å². The van der Waals surface area contributed by atoms with Gasteiger partial charge in [-0.25, -0.2) is 0 Å². The Labute approximate surface area is 119 Å². The zero-order chi connectivity index (χ0) is 14.5. The molecule has 0 fully saturated rings. The molecule has 2 aromatic rings. The molecule has 1 unspecified atom stereocenters. The van der Waals surface area contributed by atoms with E-state index >= 15 is 0 Å². The molecule has 1 atom stereocenters. The van der Waals surface area contributed by atoms with E-state index in [1.165, 1.54) is 0 Å². The second-order valence-electron chi connectivity index (χ2n) is 5.31. The van der Waals surface area contributed by atoms with Gasteiger partial charge in [0, 0.05) is 12.2 Å². The summed E-state index contributed by atoms with van der Waals surface area (Å²) in [6.45, 7) is 7.69. The Morgan fingerprint density at radius 3 is 2.65 bits per heavy atom. The molecule has 1 aromatic carbocycles. The maximum absolute atomic E-state index is 5.81. The second kappa shape index (κ2) is 6.52. The molecule has 1 heterocycles. The van der Waals surface area contributed by atoms with E-state index < -0.39 is 0 Å². The SMILES string of the molecule is Cc1noc(-c2ccccc2NCC(CN)C(C)C)n1. The predicted octanol–water partition coefficient (Wildman–Crippen LogP) is 2.69. The van der Waals surface area contributed by atoms with Crippen molar-refractivity contribution < 1.29 is 4.52 Å². The van der Waals surface area contributed by atoms with Crippen LogP contribution in [0.3, 0.4) is 0 Å². The van der Waals surface area contributed by atoms with Crippen LogP contribution in [0.2, 0.25) is 0 Å². The monoisotopic (exact) mass is 274 g/mol. The number of nitrogens with zero attached hydrogens (tertiary/aromatic N) is 2. The third-order valence-electron chi connectivity index (χ3n) is 3.49. The van der Waals surface area contributed by atoms with Crippen molar-refractivity contribution in [2.24, 2.45) is 17.6 Å². The minimum absolute atomic E-state index is 0.437. The Balaban J connectivity index is 2.16. The molecule has 5 nitrogen and oxygen atoms in total. The number of anilines is 1. The molecule has 0 spiro atoms. The normalized spacial score (nSPS) is 12.7. The zero-order valence-electron chi connectivity index (χ0n) is 12.3. The maximum Gasteiger partial charge on any atom is 0.260 e. The Hall–Kier alpha value is -1.88. The summed E-state index contributed by atoms with van der Waals surface area (Å²) in [5.74, 6) is 2.16. The van der Waals surface area contributed by atoms with Crippen molar-refractivity contribution in [1.29, 1.82) is 0 Å². The second-order valence-corrected chi connectivity index (χ2v) is 5.31. The number of aryl methyl sites for hydroxylation is 1. The number of para-hydroxylation sites is 1. The number of nitrogens with two attached hydrogens (primary N) is 1. The van der Waals surface area contributed by atoms with E-state index in [2.05, 4.69) is 29.3 Å². The van der Waals surface area contributed by atoms with Gasteiger partial charge >= 0.3 is 0 Å². The van der Waals surface area contributed by atoms with Gasteiger partial charge in [-0.3, -0.25) is 0 Å². The molecule has 0 bridgehead atoms. The first kappa shape index (κ1) is 14.5. The van der Waals surface area contributed by atoms with Gasteiger partial charge in [0.1, 0.15) is 0 Å². The fraction of sp³-hybridized carbons (Fsp3) is 0.467. The summed E-state index contributed by atoms with van der Waals surface area (Å²) in [4.78, 5) is 4.28. The van der Waals surface area contributed by atoms with Gasteiger partial charge in [0.15, 0.2) is 5.82 Å². The molecule has 2 rings (SSSR count). The lowest BCUT2D eigenvalue weighted by molar-refractivity contribution is 0.413. The number of nitrogens with one attached hydrogen (secondary N) is 1. The van der Waals surface area contributed by atoms with Crippen LogP contribution in [0.25, 0.3) is 11.5 Å². The molecule has 0 aliphatic carbocycles. The van der Waals surface area contributed by atoms with Crippen LogP contribution in [-0.2, 0) is 0 Å². The van der Waals surface area contributed by atoms with Crippen molar-refractivity contribution in [2.75, 3.05) is 18.4 Å². The van der Waals surface area contributed by atoms with E-state index in [0.717, 1.165) is 17.8 Å². The van der Waals surface area contributed by atoms with Gasteiger partial charge in [0.05, 0.1) is 5.56 Å². The van der Waals surface area contributed by atoms with Crippen LogP contribution in [-0.4, -0.2) is 23.2 Å². The maximum atomic E-state index is 5.81. The van der Waals surface area contributed by atoms with Gasteiger partial charge in [-0.15, -0.1) is 0 Å². The third-order valence-corrected chi connectivity index (χ3v) is 3.49. The molecule has 0 aliphatic heterocycles. The predicted molar refractivity (Wildman–Crippen MR) is 80.3 cm³/mol. The van der Waals surface area contributed by atoms with E-state index in [9.17, 15) is 0 Å². The van der Waals surface area contributed by atoms with Crippen LogP contribution in [0.15, 0.2) is 28.8 Å². The lowest BCUT2D eigenvalue weighted by atomic mass is 9.96. The first-order valence-corrected chi connectivity index (χ1v) is 6.95. The van der Waals surface area contributed by atoms with E-state index in [4.69, 9.17) is 10.3 Å². The van der Waals surface area contributed by atoms with Gasteiger partial charge in [0.2, 0.25) is 0 Å². The highest BCUT2D eigenvalue weighted by Gasteiger charge is 2.14. The van der Waals surface area contributed by atoms with Gasteiger partial charge < -0.3 is 15.6 Å². The summed E-state index contributed by atoms with van der Waals surface area (Å²) >= 11 is 0. The Morgan fingerprint density at radius 2 is 2.05 bits per heavy atom. The molecule has 0 aliphatic rings. The minimum Gasteiger partial charge on any atom is -0.384 e. The molecular formula is C15H22N4O. The van der Waals surface area contributed by atoms with Crippen LogP contribution >= 0.6 is 0 Å². The molecule has 1 aromatic heterocycles. The first-order chi connectivity index (χ1) is 9.61. The number of hydrogen-bond acceptors (Lipinski definition) is 5. The molecule has 108 valence electrons. The lowest BCUT2D eigenvalue weighted by Crippen LogP contribution is -2.27. The summed E-state index contributed by atoms with van der Waals surface area (Å²) in [5.41, 5.74) is 7.73. The van der Waals surface area contributed by atoms with Crippen LogP contribution in [0.4, 0.5) is 5.69 Å². The van der Waals surface area contributed by atoms with Crippen molar-refractivity contribution in [3.63, 3.8) is 0 Å². The Morgan fingerprint density at radius 1 is 1.30 bits per heavy atom. The number of rotatable bonds is 6. The molecule has 0 radical (unpaired) electrons. The van der Waals surface area contributed by atoms with Crippen molar-refractivity contribution >= 4 is 5.69 Å². The van der Waals surface area contributed by atoms with E-state index in [-0.39, 0.29) is 0 Å². The van der Waals surface area contributed by atoms with E-state index in [0.29, 0.717) is 30.1 Å². The summed E-state index contributed by atoms with van der Waals surface area (Å²) in [6, 6.07) is 7.94. The van der Waals surface area contributed by atoms with Crippen molar-refractivity contribution in [1.82, 2.24) is 10.1 Å². The molecule has 3 N–H and O–H groups in total. The highest BCUT2D eigenvalue weighted by atomic mass is 16.5. The van der Waals surface area contributed by atoms with Crippen LogP contribution < -0.4 is 11.1 Å². The quantitative estimate of drug-likeness (QED) is 0.847. The highest BCUT2D eigenvalue weighted by molar-refractivity contribution is 5.72. The zero-order valence-corrected chi connectivity index (χ0v) is 12.3. The van der Waals surface area contributed by atoms with Gasteiger partial charge in [-0.05, 0) is 37.4 Å². The number of hydrogen-bond donors (Lipinski definition) is 2. The number of benzene rings is 1. The topological polar surface area (TPSA) is 77.0 Å². The first-order valence-electron chi connectivity index (χ1n) is 6.95. The smallest absolute Gasteiger partial charge is 0.260 e. The molecule has 0 saturated carbocycles. The molecular weight excluding hydrogens is 252 g/mol. The third kappa shape index (κ3) is 3.36. The highest BCUT2D eigenvalue weighted by Crippen LogP contribution is 2.26. The lowest BCUT2D eigenvalue weighted by Gasteiger charge is -2.20. The molecule has 20 heavy (non-hydrogen) atoms. The molecule has 0 saturated heterocycles. The average molecular weight is 274 g/mol. The summed E-state index contributed by atoms with van der Waals surface area (Å²) in [6.07, 6.45) is 0. The summed E-state index contributed by atoms with van der Waals surface area (Å²) in [5, 5.41) is 7.29. The van der Waals surface area contributed by atoms with Crippen LogP contribution in [0.1, 0.15) is 19.7 Å². The summed E-state index contributed by atoms with van der Waals surface area (Å²) < 4.78 is 5.25. The van der Waals surface area contributed by atoms with Crippen molar-refractivity contribution in [2.45, 2.75) is 20.8 Å². The molecule has 0 amide bonds. The number of aromatic nitrogens is 2. The summed E-state index contributed by atoms with van der Waals surface area (Å²) in [7, 11) is 0. The fourth-order valence-electron chi connectivity index (χ4n) is 2.06. The fourth-order valence-corrected chi connectivity index (χ4v) is 2.06.